The molecule has 1 aliphatic rings. The van der Waals surface area contributed by atoms with Crippen molar-refractivity contribution in [3.8, 4) is 23.3 Å². The van der Waals surface area contributed by atoms with E-state index in [9.17, 15) is 9.59 Å². The van der Waals surface area contributed by atoms with Crippen molar-refractivity contribution in [1.82, 2.24) is 15.3 Å². The average Bonchev–Trinajstić information content (AvgIpc) is 2.95. The van der Waals surface area contributed by atoms with Gasteiger partial charge in [-0.2, -0.15) is 0 Å². The molecule has 0 unspecified atom stereocenters. The summed E-state index contributed by atoms with van der Waals surface area (Å²) in [5.74, 6) is 1.92. The van der Waals surface area contributed by atoms with Crippen molar-refractivity contribution in [2.24, 2.45) is 5.92 Å². The molecule has 2 aromatic heterocycles. The first kappa shape index (κ1) is 33.8. The van der Waals surface area contributed by atoms with Crippen molar-refractivity contribution in [1.29, 1.82) is 0 Å². The second-order valence-corrected chi connectivity index (χ2v) is 14.5. The van der Waals surface area contributed by atoms with Gasteiger partial charge in [0.2, 0.25) is 11.8 Å². The van der Waals surface area contributed by atoms with E-state index in [1.54, 1.807) is 30.6 Å². The minimum absolute atomic E-state index is 0.0604. The fourth-order valence-corrected chi connectivity index (χ4v) is 6.16. The third kappa shape index (κ3) is 10.5. The summed E-state index contributed by atoms with van der Waals surface area (Å²) in [5.41, 5.74) is 1.09. The second kappa shape index (κ2) is 14.8. The maximum Gasteiger partial charge on any atom is 0.335 e. The number of halogens is 2. The van der Waals surface area contributed by atoms with Crippen molar-refractivity contribution in [3.05, 3.63) is 103 Å². The van der Waals surface area contributed by atoms with Crippen LogP contribution in [0.4, 0.5) is 0 Å². The van der Waals surface area contributed by atoms with E-state index in [1.165, 1.54) is 12.1 Å². The number of nitrogens with one attached hydrogen (secondary N) is 1. The number of hydrogen-bond acceptors (Lipinski definition) is 7. The number of carbonyl (C=O) groups is 2. The molecule has 2 N–H and O–H groups in total. The van der Waals surface area contributed by atoms with Crippen LogP contribution in [0.15, 0.2) is 85.2 Å². The molecule has 0 aliphatic carbocycles. The molecule has 44 heavy (non-hydrogen) atoms. The van der Waals surface area contributed by atoms with Crippen LogP contribution in [0.3, 0.4) is 0 Å². The quantitative estimate of drug-likeness (QED) is 0.134. The molecule has 1 saturated heterocycles. The molecule has 0 radical (unpaired) electrons. The van der Waals surface area contributed by atoms with Crippen LogP contribution >= 0.6 is 45.2 Å². The molecule has 4 aromatic rings. The van der Waals surface area contributed by atoms with Gasteiger partial charge in [0.15, 0.2) is 5.78 Å². The molecular formula is C34H35I2N3O5. The fraction of sp³-hybridized carbons (Fsp3) is 0.294. The monoisotopic (exact) mass is 819 g/mol. The van der Waals surface area contributed by atoms with Crippen LogP contribution in [0.25, 0.3) is 0 Å². The zero-order valence-corrected chi connectivity index (χ0v) is 29.3. The number of piperidine rings is 1. The first-order valence-electron chi connectivity index (χ1n) is 14.1. The van der Waals surface area contributed by atoms with Crippen LogP contribution in [0.1, 0.15) is 67.7 Å². The molecule has 0 spiro atoms. The van der Waals surface area contributed by atoms with Gasteiger partial charge in [-0.25, -0.2) is 14.8 Å². The molecule has 0 saturated carbocycles. The Hall–Kier alpha value is -3.10. The Labute approximate surface area is 285 Å². The normalized spacial score (nSPS) is 15.4. The number of carbonyl (C=O) groups excluding carboxylic acids is 1. The number of hydrogen-bond donors (Lipinski definition) is 2. The van der Waals surface area contributed by atoms with Crippen LogP contribution in [0, 0.1) is 13.1 Å². The Kier molecular flexibility index (Phi) is 11.4. The van der Waals surface area contributed by atoms with Crippen LogP contribution in [0.5, 0.6) is 23.3 Å². The molecule has 3 heterocycles. The van der Waals surface area contributed by atoms with Gasteiger partial charge in [0.05, 0.1) is 5.56 Å². The molecular weight excluding hydrogens is 784 g/mol. The number of aromatic carboxylic acids is 1. The first-order chi connectivity index (χ1) is 20.8. The lowest BCUT2D eigenvalue weighted by Gasteiger charge is -2.46. The Morgan fingerprint density at radius 2 is 1.18 bits per heavy atom. The number of carboxylic acid groups (broad SMARTS) is 1. The van der Waals surface area contributed by atoms with E-state index in [0.29, 0.717) is 35.6 Å². The zero-order valence-electron chi connectivity index (χ0n) is 25.0. The highest BCUT2D eigenvalue weighted by Gasteiger charge is 2.38. The van der Waals surface area contributed by atoms with Gasteiger partial charge in [-0.15, -0.1) is 0 Å². The minimum atomic E-state index is -0.955. The van der Waals surface area contributed by atoms with Crippen molar-refractivity contribution in [3.63, 3.8) is 0 Å². The van der Waals surface area contributed by atoms with Crippen LogP contribution in [-0.2, 0) is 0 Å². The summed E-state index contributed by atoms with van der Waals surface area (Å²) in [5, 5.41) is 12.4. The molecule has 1 fully saturated rings. The van der Waals surface area contributed by atoms with Crippen molar-refractivity contribution in [2.75, 3.05) is 0 Å². The zero-order chi connectivity index (χ0) is 31.9. The summed E-state index contributed by atoms with van der Waals surface area (Å²) >= 11 is 4.36. The van der Waals surface area contributed by atoms with E-state index in [1.807, 2.05) is 42.5 Å². The molecule has 8 nitrogen and oxygen atoms in total. The topological polar surface area (TPSA) is 111 Å². The number of ketones is 1. The summed E-state index contributed by atoms with van der Waals surface area (Å²) in [6.07, 6.45) is 6.08. The van der Waals surface area contributed by atoms with Crippen molar-refractivity contribution in [2.45, 2.75) is 58.0 Å². The lowest BCUT2D eigenvalue weighted by atomic mass is 9.74. The minimum Gasteiger partial charge on any atom is -0.478 e. The summed E-state index contributed by atoms with van der Waals surface area (Å²) in [7, 11) is 0. The Morgan fingerprint density at radius 1 is 0.750 bits per heavy atom. The van der Waals surface area contributed by atoms with Crippen molar-refractivity contribution < 1.29 is 24.2 Å². The number of nitrogens with zero attached hydrogens (tertiary/aromatic N) is 2. The highest BCUT2D eigenvalue weighted by atomic mass is 127. The molecule has 2 aromatic carbocycles. The van der Waals surface area contributed by atoms with E-state index in [2.05, 4.69) is 88.2 Å². The van der Waals surface area contributed by atoms with E-state index < -0.39 is 5.97 Å². The Bertz CT molecular complexity index is 1540. The predicted molar refractivity (Wildman–Crippen MR) is 187 cm³/mol. The van der Waals surface area contributed by atoms with Gasteiger partial charge in [-0.1, -0.05) is 0 Å². The molecule has 5 rings (SSSR count). The van der Waals surface area contributed by atoms with Gasteiger partial charge in [0.1, 0.15) is 11.5 Å². The number of Topliss-reactive ketones (excluding diaryl/α,β-unsaturated/α-hetero) is 1. The lowest BCUT2D eigenvalue weighted by Crippen LogP contribution is -2.57. The number of aromatic nitrogens is 2. The van der Waals surface area contributed by atoms with E-state index in [4.69, 9.17) is 14.6 Å². The van der Waals surface area contributed by atoms with Crippen molar-refractivity contribution >= 4 is 56.9 Å². The summed E-state index contributed by atoms with van der Waals surface area (Å²) in [6.45, 7) is 8.87. The van der Waals surface area contributed by atoms with E-state index in [-0.39, 0.29) is 22.4 Å². The highest BCUT2D eigenvalue weighted by molar-refractivity contribution is 14.1. The maximum atomic E-state index is 12.8. The third-order valence-corrected chi connectivity index (χ3v) is 8.15. The maximum absolute atomic E-state index is 12.8. The van der Waals surface area contributed by atoms with Crippen LogP contribution in [-0.4, -0.2) is 37.9 Å². The Morgan fingerprint density at radius 3 is 1.57 bits per heavy atom. The number of benzene rings is 2. The number of rotatable bonds is 8. The predicted octanol–water partition coefficient (Wildman–Crippen LogP) is 8.78. The number of ether oxygens (including phenoxy) is 2. The van der Waals surface area contributed by atoms with Crippen LogP contribution in [0.2, 0.25) is 0 Å². The molecule has 0 atom stereocenters. The summed E-state index contributed by atoms with van der Waals surface area (Å²) < 4.78 is 13.3. The number of pyridine rings is 2. The molecule has 1 aliphatic heterocycles. The summed E-state index contributed by atoms with van der Waals surface area (Å²) in [4.78, 5) is 31.7. The number of carboxylic acids is 1. The van der Waals surface area contributed by atoms with E-state index >= 15 is 0 Å². The van der Waals surface area contributed by atoms with E-state index in [0.717, 1.165) is 25.5 Å². The highest BCUT2D eigenvalue weighted by Crippen LogP contribution is 2.35. The van der Waals surface area contributed by atoms with Gasteiger partial charge in [-0.05, 0) is 152 Å². The molecule has 0 bridgehead atoms. The summed E-state index contributed by atoms with van der Waals surface area (Å²) in [6, 6.07) is 21.0. The molecule has 10 heteroatoms. The van der Waals surface area contributed by atoms with Gasteiger partial charge in [-0.3, -0.25) is 4.79 Å². The van der Waals surface area contributed by atoms with Gasteiger partial charge < -0.3 is 19.9 Å². The Balaban J connectivity index is 0.000000223. The third-order valence-electron chi connectivity index (χ3n) is 6.87. The standard InChI is InChI=1S/C22H27IN2O2.C12H8INO3/c1-21(2)12-15(13-22(3,4)25-21)11-19(26)16-5-8-18(9-6-16)27-20-10-7-17(23)14-24-20;13-9-3-6-11(14-7-9)17-10-4-1-8(2-5-10)12(15)16/h5-10,14-15,25H,11-13H2,1-4H3;1-7H,(H,15,16). The smallest absolute Gasteiger partial charge is 0.335 e. The largest absolute Gasteiger partial charge is 0.478 e. The SMILES string of the molecule is CC1(C)CC(CC(=O)c2ccc(Oc3ccc(I)cn3)cc2)CC(C)(C)N1.O=C(O)c1ccc(Oc2ccc(I)cn2)cc1. The van der Waals surface area contributed by atoms with Gasteiger partial charge >= 0.3 is 5.97 Å². The second-order valence-electron chi connectivity index (χ2n) is 12.0. The molecule has 0 amide bonds. The van der Waals surface area contributed by atoms with Crippen LogP contribution < -0.4 is 14.8 Å². The van der Waals surface area contributed by atoms with Gasteiger partial charge in [0, 0.05) is 54.7 Å². The average molecular weight is 819 g/mol. The van der Waals surface area contributed by atoms with Gasteiger partial charge in [0.25, 0.3) is 0 Å². The molecule has 230 valence electrons. The fourth-order valence-electron chi connectivity index (χ4n) is 5.52. The lowest BCUT2D eigenvalue weighted by molar-refractivity contribution is 0.0696. The first-order valence-corrected chi connectivity index (χ1v) is 16.3.